The lowest BCUT2D eigenvalue weighted by atomic mass is 10.2. The SMILES string of the molecule is COc1cc2c(N3CCCNCC3)ncnc2cc1OCC(N)=O. The molecule has 1 fully saturated rings. The van der Waals surface area contributed by atoms with Crippen molar-refractivity contribution in [3.63, 3.8) is 0 Å². The van der Waals surface area contributed by atoms with Crippen molar-refractivity contribution in [2.24, 2.45) is 5.73 Å². The Kier molecular flexibility index (Phi) is 4.95. The quantitative estimate of drug-likeness (QED) is 0.812. The molecule has 0 aliphatic carbocycles. The zero-order chi connectivity index (χ0) is 16.9. The predicted octanol–water partition coefficient (Wildman–Crippen LogP) is 0.302. The van der Waals surface area contributed by atoms with E-state index in [0.717, 1.165) is 49.3 Å². The van der Waals surface area contributed by atoms with Crippen LogP contribution in [0.5, 0.6) is 11.5 Å². The lowest BCUT2D eigenvalue weighted by Gasteiger charge is -2.22. The maximum absolute atomic E-state index is 10.9. The van der Waals surface area contributed by atoms with Crippen molar-refractivity contribution in [1.29, 1.82) is 0 Å². The molecule has 1 aliphatic heterocycles. The second-order valence-corrected chi connectivity index (χ2v) is 5.56. The van der Waals surface area contributed by atoms with E-state index >= 15 is 0 Å². The molecule has 0 bridgehead atoms. The minimum absolute atomic E-state index is 0.211. The lowest BCUT2D eigenvalue weighted by Crippen LogP contribution is -2.28. The molecule has 3 rings (SSSR count). The van der Waals surface area contributed by atoms with Crippen LogP contribution >= 0.6 is 0 Å². The van der Waals surface area contributed by atoms with Crippen LogP contribution in [0, 0.1) is 0 Å². The average Bonchev–Trinajstić information content (AvgIpc) is 2.87. The average molecular weight is 331 g/mol. The Balaban J connectivity index is 2.00. The molecule has 8 heteroatoms. The number of hydrogen-bond donors (Lipinski definition) is 2. The largest absolute Gasteiger partial charge is 0.493 e. The van der Waals surface area contributed by atoms with Gasteiger partial charge in [-0.25, -0.2) is 9.97 Å². The van der Waals surface area contributed by atoms with Gasteiger partial charge in [0.2, 0.25) is 0 Å². The number of nitrogens with zero attached hydrogens (tertiary/aromatic N) is 3. The third-order valence-electron chi connectivity index (χ3n) is 3.91. The van der Waals surface area contributed by atoms with Crippen LogP contribution in [0.25, 0.3) is 10.9 Å². The van der Waals surface area contributed by atoms with Crippen LogP contribution in [0.1, 0.15) is 6.42 Å². The van der Waals surface area contributed by atoms with Gasteiger partial charge in [-0.2, -0.15) is 0 Å². The molecule has 2 heterocycles. The molecule has 24 heavy (non-hydrogen) atoms. The Morgan fingerprint density at radius 1 is 1.29 bits per heavy atom. The van der Waals surface area contributed by atoms with Gasteiger partial charge in [-0.15, -0.1) is 0 Å². The van der Waals surface area contributed by atoms with E-state index in [0.29, 0.717) is 11.5 Å². The lowest BCUT2D eigenvalue weighted by molar-refractivity contribution is -0.119. The van der Waals surface area contributed by atoms with Crippen molar-refractivity contribution >= 4 is 22.6 Å². The highest BCUT2D eigenvalue weighted by molar-refractivity contribution is 5.92. The maximum Gasteiger partial charge on any atom is 0.255 e. The second-order valence-electron chi connectivity index (χ2n) is 5.56. The standard InChI is InChI=1S/C16H21N5O3/c1-23-13-7-11-12(8-14(13)24-9-15(17)22)19-10-20-16(11)21-5-2-3-18-4-6-21/h7-8,10,18H,2-6,9H2,1H3,(H2,17,22). The summed E-state index contributed by atoms with van der Waals surface area (Å²) in [6, 6.07) is 3.59. The Labute approximate surface area is 140 Å². The first kappa shape index (κ1) is 16.3. The molecule has 0 saturated carbocycles. The van der Waals surface area contributed by atoms with Crippen LogP contribution in [0.3, 0.4) is 0 Å². The molecular formula is C16H21N5O3. The van der Waals surface area contributed by atoms with E-state index in [4.69, 9.17) is 15.2 Å². The van der Waals surface area contributed by atoms with Gasteiger partial charge >= 0.3 is 0 Å². The first-order valence-electron chi connectivity index (χ1n) is 7.88. The van der Waals surface area contributed by atoms with E-state index in [1.54, 1.807) is 19.5 Å². The number of aromatic nitrogens is 2. The first-order valence-corrected chi connectivity index (χ1v) is 7.88. The summed E-state index contributed by atoms with van der Waals surface area (Å²) in [5.74, 6) is 1.29. The van der Waals surface area contributed by atoms with Gasteiger partial charge in [-0.3, -0.25) is 4.79 Å². The van der Waals surface area contributed by atoms with Gasteiger partial charge in [-0.1, -0.05) is 0 Å². The highest BCUT2D eigenvalue weighted by Gasteiger charge is 2.17. The maximum atomic E-state index is 10.9. The molecule has 1 aliphatic rings. The van der Waals surface area contributed by atoms with E-state index in [1.807, 2.05) is 6.07 Å². The van der Waals surface area contributed by atoms with Crippen molar-refractivity contribution in [3.8, 4) is 11.5 Å². The normalized spacial score (nSPS) is 15.1. The molecule has 0 unspecified atom stereocenters. The molecule has 0 radical (unpaired) electrons. The van der Waals surface area contributed by atoms with Crippen LogP contribution in [-0.2, 0) is 4.79 Å². The fourth-order valence-corrected chi connectivity index (χ4v) is 2.78. The number of carbonyl (C=O) groups is 1. The number of ether oxygens (including phenoxy) is 2. The monoisotopic (exact) mass is 331 g/mol. The molecule has 1 aromatic heterocycles. The zero-order valence-corrected chi connectivity index (χ0v) is 13.6. The van der Waals surface area contributed by atoms with Crippen LogP contribution in [0.15, 0.2) is 18.5 Å². The summed E-state index contributed by atoms with van der Waals surface area (Å²) >= 11 is 0. The highest BCUT2D eigenvalue weighted by atomic mass is 16.5. The van der Waals surface area contributed by atoms with Crippen LogP contribution in [0.4, 0.5) is 5.82 Å². The summed E-state index contributed by atoms with van der Waals surface area (Å²) in [5, 5.41) is 4.27. The van der Waals surface area contributed by atoms with Crippen molar-refractivity contribution < 1.29 is 14.3 Å². The zero-order valence-electron chi connectivity index (χ0n) is 13.6. The van der Waals surface area contributed by atoms with Gasteiger partial charge in [0, 0.05) is 31.1 Å². The Bertz CT molecular complexity index is 729. The van der Waals surface area contributed by atoms with Crippen molar-refractivity contribution in [2.45, 2.75) is 6.42 Å². The van der Waals surface area contributed by atoms with Gasteiger partial charge in [0.25, 0.3) is 5.91 Å². The number of amides is 1. The smallest absolute Gasteiger partial charge is 0.255 e. The summed E-state index contributed by atoms with van der Waals surface area (Å²) in [4.78, 5) is 22.0. The number of hydrogen-bond acceptors (Lipinski definition) is 7. The van der Waals surface area contributed by atoms with Gasteiger partial charge in [-0.05, 0) is 19.0 Å². The topological polar surface area (TPSA) is 103 Å². The minimum atomic E-state index is -0.544. The van der Waals surface area contributed by atoms with E-state index < -0.39 is 5.91 Å². The summed E-state index contributed by atoms with van der Waals surface area (Å²) in [5.41, 5.74) is 5.87. The number of carbonyl (C=O) groups excluding carboxylic acids is 1. The van der Waals surface area contributed by atoms with Crippen molar-refractivity contribution in [2.75, 3.05) is 44.8 Å². The number of anilines is 1. The summed E-state index contributed by atoms with van der Waals surface area (Å²) in [6.45, 7) is 3.53. The number of methoxy groups -OCH3 is 1. The molecule has 128 valence electrons. The van der Waals surface area contributed by atoms with Crippen LogP contribution in [0.2, 0.25) is 0 Å². The Morgan fingerprint density at radius 2 is 2.17 bits per heavy atom. The number of nitrogens with one attached hydrogen (secondary N) is 1. The van der Waals surface area contributed by atoms with E-state index in [-0.39, 0.29) is 6.61 Å². The van der Waals surface area contributed by atoms with E-state index in [1.165, 1.54) is 0 Å². The van der Waals surface area contributed by atoms with E-state index in [9.17, 15) is 4.79 Å². The first-order chi connectivity index (χ1) is 11.7. The number of benzene rings is 1. The molecule has 3 N–H and O–H groups in total. The summed E-state index contributed by atoms with van der Waals surface area (Å²) in [6.07, 6.45) is 2.60. The predicted molar refractivity (Wildman–Crippen MR) is 90.5 cm³/mol. The minimum Gasteiger partial charge on any atom is -0.493 e. The van der Waals surface area contributed by atoms with Crippen LogP contribution in [-0.4, -0.2) is 55.8 Å². The summed E-state index contributed by atoms with van der Waals surface area (Å²) in [7, 11) is 1.55. The number of primary amides is 1. The molecule has 2 aromatic rings. The van der Waals surface area contributed by atoms with Gasteiger partial charge in [0.1, 0.15) is 12.1 Å². The van der Waals surface area contributed by atoms with E-state index in [2.05, 4.69) is 20.2 Å². The molecule has 8 nitrogen and oxygen atoms in total. The van der Waals surface area contributed by atoms with Gasteiger partial charge in [0.05, 0.1) is 12.6 Å². The Hall–Kier alpha value is -2.61. The third kappa shape index (κ3) is 3.48. The second kappa shape index (κ2) is 7.31. The molecule has 0 atom stereocenters. The molecule has 0 spiro atoms. The molecule has 1 saturated heterocycles. The Morgan fingerprint density at radius 3 is 2.96 bits per heavy atom. The van der Waals surface area contributed by atoms with Gasteiger partial charge in [0.15, 0.2) is 18.1 Å². The third-order valence-corrected chi connectivity index (χ3v) is 3.91. The van der Waals surface area contributed by atoms with Crippen molar-refractivity contribution in [3.05, 3.63) is 18.5 Å². The molecule has 1 aromatic carbocycles. The fraction of sp³-hybridized carbons (Fsp3) is 0.438. The van der Waals surface area contributed by atoms with Gasteiger partial charge < -0.3 is 25.4 Å². The number of nitrogens with two attached hydrogens (primary N) is 1. The molecule has 1 amide bonds. The van der Waals surface area contributed by atoms with Crippen molar-refractivity contribution in [1.82, 2.24) is 15.3 Å². The highest BCUT2D eigenvalue weighted by Crippen LogP contribution is 2.35. The van der Waals surface area contributed by atoms with Crippen LogP contribution < -0.4 is 25.4 Å². The number of fused-ring (bicyclic) bond motifs is 1. The number of rotatable bonds is 5. The summed E-state index contributed by atoms with van der Waals surface area (Å²) < 4.78 is 10.8. The molecular weight excluding hydrogens is 310 g/mol. The fourth-order valence-electron chi connectivity index (χ4n) is 2.78.